The number of nitrogens with one attached hydrogen (secondary N) is 2. The van der Waals surface area contributed by atoms with E-state index >= 15 is 0 Å². The van der Waals surface area contributed by atoms with Gasteiger partial charge in [-0.25, -0.2) is 25.3 Å². The Labute approximate surface area is 233 Å². The first-order chi connectivity index (χ1) is 18.4. The van der Waals surface area contributed by atoms with Gasteiger partial charge in [-0.2, -0.15) is 0 Å². The third-order valence-corrected chi connectivity index (χ3v) is 12.9. The van der Waals surface area contributed by atoms with Gasteiger partial charge in [-0.05, 0) is 112 Å². The predicted octanol–water partition coefficient (Wildman–Crippen LogP) is 3.47. The van der Waals surface area contributed by atoms with Crippen molar-refractivity contribution in [3.8, 4) is 0 Å². The molecule has 11 heteroatoms. The van der Waals surface area contributed by atoms with Crippen LogP contribution in [0.4, 0.5) is 0 Å². The molecule has 2 aliphatic heterocycles. The molecule has 0 amide bonds. The summed E-state index contributed by atoms with van der Waals surface area (Å²) in [4.78, 5) is 0.318. The van der Waals surface area contributed by atoms with Crippen LogP contribution in [0.3, 0.4) is 0 Å². The number of hydrogen-bond acceptors (Lipinski definition) is 8. The number of sulfone groups is 3. The molecule has 0 radical (unpaired) electrons. The minimum atomic E-state index is -3.80. The highest BCUT2D eigenvalue weighted by Crippen LogP contribution is 2.43. The topological polar surface area (TPSA) is 126 Å². The molecule has 4 rings (SSSR count). The van der Waals surface area contributed by atoms with Crippen LogP contribution in [0.2, 0.25) is 0 Å². The fraction of sp³-hybridized carbons (Fsp3) is 0.571. The Bertz CT molecular complexity index is 1320. The maximum Gasteiger partial charge on any atom is 0.175 e. The van der Waals surface area contributed by atoms with Crippen LogP contribution in [0.1, 0.15) is 60.2 Å². The quantitative estimate of drug-likeness (QED) is 0.427. The molecule has 0 saturated carbocycles. The number of rotatable bonds is 10. The fourth-order valence-corrected chi connectivity index (χ4v) is 9.63. The van der Waals surface area contributed by atoms with Crippen LogP contribution in [0.25, 0.3) is 0 Å². The van der Waals surface area contributed by atoms with Gasteiger partial charge in [0, 0.05) is 12.5 Å². The summed E-state index contributed by atoms with van der Waals surface area (Å²) in [5.41, 5.74) is 1.20. The third-order valence-electron chi connectivity index (χ3n) is 8.17. The summed E-state index contributed by atoms with van der Waals surface area (Å²) in [6, 6.07) is 12.6. The lowest BCUT2D eigenvalue weighted by molar-refractivity contribution is 0.339. The maximum absolute atomic E-state index is 14.7. The highest BCUT2D eigenvalue weighted by molar-refractivity contribution is 7.92. The summed E-state index contributed by atoms with van der Waals surface area (Å²) >= 11 is 0. The van der Waals surface area contributed by atoms with E-state index in [4.69, 9.17) is 0 Å². The van der Waals surface area contributed by atoms with E-state index in [1.807, 2.05) is 0 Å². The van der Waals surface area contributed by atoms with Crippen molar-refractivity contribution in [2.45, 2.75) is 58.8 Å². The van der Waals surface area contributed by atoms with Crippen LogP contribution in [-0.4, -0.2) is 63.9 Å². The van der Waals surface area contributed by atoms with Crippen LogP contribution < -0.4 is 10.6 Å². The molecule has 2 unspecified atom stereocenters. The van der Waals surface area contributed by atoms with E-state index in [1.165, 1.54) is 24.3 Å². The van der Waals surface area contributed by atoms with E-state index < -0.39 is 40.0 Å². The first-order valence-corrected chi connectivity index (χ1v) is 19.0. The molecular weight excluding hydrogens is 557 g/mol. The summed E-state index contributed by atoms with van der Waals surface area (Å²) < 4.78 is 77.6. The molecule has 2 heterocycles. The summed E-state index contributed by atoms with van der Waals surface area (Å²) in [5.74, 6) is 0.459. The standard InChI is InChI=1S/C28H40N2O6S3/c1-37(31,32)25-7-3-23(4-8-25)27(19-21-11-15-29-16-12-21)39(35,36)28(20-22-13-17-30-18-14-22)24-5-9-26(10-6-24)38(2,33)34/h3-10,21-22,27-30H,11-20H2,1-2H3. The zero-order valence-electron chi connectivity index (χ0n) is 22.7. The van der Waals surface area contributed by atoms with Gasteiger partial charge in [0.15, 0.2) is 29.5 Å². The molecule has 8 nitrogen and oxygen atoms in total. The first-order valence-electron chi connectivity index (χ1n) is 13.6. The van der Waals surface area contributed by atoms with E-state index in [9.17, 15) is 25.3 Å². The lowest BCUT2D eigenvalue weighted by Gasteiger charge is -2.32. The van der Waals surface area contributed by atoms with Crippen molar-refractivity contribution in [2.24, 2.45) is 11.8 Å². The predicted molar refractivity (Wildman–Crippen MR) is 154 cm³/mol. The second-order valence-corrected chi connectivity index (χ2v) is 17.5. The Morgan fingerprint density at radius 2 is 0.897 bits per heavy atom. The number of hydrogen-bond donors (Lipinski definition) is 2. The second kappa shape index (κ2) is 12.4. The van der Waals surface area contributed by atoms with Crippen molar-refractivity contribution < 1.29 is 25.3 Å². The van der Waals surface area contributed by atoms with Gasteiger partial charge in [0.2, 0.25) is 0 Å². The average molecular weight is 597 g/mol. The summed E-state index contributed by atoms with van der Waals surface area (Å²) in [5, 5.41) is 5.09. The second-order valence-electron chi connectivity index (χ2n) is 11.1. The molecule has 2 N–H and O–H groups in total. The highest BCUT2D eigenvalue weighted by atomic mass is 32.2. The summed E-state index contributed by atoms with van der Waals surface area (Å²) in [6.07, 6.45) is 6.75. The molecule has 2 aliphatic rings. The van der Waals surface area contributed by atoms with Crippen LogP contribution in [-0.2, 0) is 29.5 Å². The molecule has 0 bridgehead atoms. The molecule has 2 fully saturated rings. The van der Waals surface area contributed by atoms with E-state index in [0.29, 0.717) is 24.0 Å². The average Bonchev–Trinajstić information content (AvgIpc) is 2.90. The normalized spacial score (nSPS) is 19.9. The van der Waals surface area contributed by atoms with E-state index in [2.05, 4.69) is 10.6 Å². The Morgan fingerprint density at radius 3 is 1.18 bits per heavy atom. The van der Waals surface area contributed by atoms with Crippen molar-refractivity contribution in [3.63, 3.8) is 0 Å². The molecule has 2 saturated heterocycles. The molecular formula is C28H40N2O6S3. The Morgan fingerprint density at radius 1 is 0.590 bits per heavy atom. The zero-order valence-corrected chi connectivity index (χ0v) is 25.1. The van der Waals surface area contributed by atoms with Gasteiger partial charge >= 0.3 is 0 Å². The highest BCUT2D eigenvalue weighted by Gasteiger charge is 2.39. The van der Waals surface area contributed by atoms with E-state index in [0.717, 1.165) is 64.4 Å². The Kier molecular flexibility index (Phi) is 9.58. The maximum atomic E-state index is 14.7. The smallest absolute Gasteiger partial charge is 0.175 e. The largest absolute Gasteiger partial charge is 0.317 e. The monoisotopic (exact) mass is 596 g/mol. The fourth-order valence-electron chi connectivity index (χ4n) is 5.82. The summed E-state index contributed by atoms with van der Waals surface area (Å²) in [6.45, 7) is 3.37. The molecule has 2 atom stereocenters. The Hall–Kier alpha value is -1.79. The molecule has 216 valence electrons. The third kappa shape index (κ3) is 7.70. The van der Waals surface area contributed by atoms with Crippen molar-refractivity contribution in [2.75, 3.05) is 38.7 Å². The molecule has 2 aromatic rings. The molecule has 0 aromatic heterocycles. The van der Waals surface area contributed by atoms with Gasteiger partial charge in [0.25, 0.3) is 0 Å². The van der Waals surface area contributed by atoms with Gasteiger partial charge in [-0.3, -0.25) is 0 Å². The van der Waals surface area contributed by atoms with Gasteiger partial charge in [-0.1, -0.05) is 24.3 Å². The van der Waals surface area contributed by atoms with Gasteiger partial charge < -0.3 is 10.6 Å². The van der Waals surface area contributed by atoms with Crippen LogP contribution in [0.15, 0.2) is 58.3 Å². The molecule has 39 heavy (non-hydrogen) atoms. The Balaban J connectivity index is 1.77. The molecule has 2 aromatic carbocycles. The van der Waals surface area contributed by atoms with E-state index in [-0.39, 0.29) is 21.6 Å². The van der Waals surface area contributed by atoms with Crippen LogP contribution >= 0.6 is 0 Å². The molecule has 0 spiro atoms. The van der Waals surface area contributed by atoms with Crippen molar-refractivity contribution in [1.82, 2.24) is 10.6 Å². The van der Waals surface area contributed by atoms with Crippen molar-refractivity contribution in [3.05, 3.63) is 59.7 Å². The lowest BCUT2D eigenvalue weighted by Crippen LogP contribution is -2.32. The number of piperidine rings is 2. The van der Waals surface area contributed by atoms with Crippen LogP contribution in [0, 0.1) is 11.8 Å². The zero-order chi connectivity index (χ0) is 28.3. The van der Waals surface area contributed by atoms with Gasteiger partial charge in [0.05, 0.1) is 20.3 Å². The van der Waals surface area contributed by atoms with Crippen LogP contribution in [0.5, 0.6) is 0 Å². The van der Waals surface area contributed by atoms with Gasteiger partial charge in [0.1, 0.15) is 0 Å². The van der Waals surface area contributed by atoms with E-state index in [1.54, 1.807) is 24.3 Å². The minimum absolute atomic E-state index is 0.159. The summed E-state index contributed by atoms with van der Waals surface area (Å²) in [7, 11) is -10.6. The van der Waals surface area contributed by atoms with Gasteiger partial charge in [-0.15, -0.1) is 0 Å². The van der Waals surface area contributed by atoms with Crippen molar-refractivity contribution >= 4 is 29.5 Å². The van der Waals surface area contributed by atoms with Crippen molar-refractivity contribution in [1.29, 1.82) is 0 Å². The SMILES string of the molecule is CS(=O)(=O)c1ccc(C(CC2CCNCC2)S(=O)(=O)C(CC2CCNCC2)c2ccc(S(C)(=O)=O)cc2)cc1. The molecule has 0 aliphatic carbocycles. The number of benzene rings is 2. The first kappa shape index (κ1) is 30.2. The minimum Gasteiger partial charge on any atom is -0.317 e. The lowest BCUT2D eigenvalue weighted by atomic mass is 9.90.